The minimum atomic E-state index is -1.69. The van der Waals surface area contributed by atoms with Crippen LogP contribution in [0.2, 0.25) is 5.02 Å². The van der Waals surface area contributed by atoms with Gasteiger partial charge in [0.1, 0.15) is 5.60 Å². The van der Waals surface area contributed by atoms with Crippen molar-refractivity contribution in [1.29, 1.82) is 5.26 Å². The number of imide groups is 1. The van der Waals surface area contributed by atoms with Gasteiger partial charge in [0.05, 0.1) is 36.9 Å². The molecule has 0 aromatic heterocycles. The standard InChI is InChI=1S/C26H25ClN4O5/c1-25(2,3)36-24(34)30-21(22(32)35-4)19-20(16-10-12-17(27)13-11-16)29-31(18-8-6-5-7-9-18)26(19,14-15-28)23(30)33/h5-13,19,21H,14H2,1-4H3/t19?,21-,26+/m0/s1. The van der Waals surface area contributed by atoms with E-state index in [0.717, 1.165) is 4.90 Å². The highest BCUT2D eigenvalue weighted by atomic mass is 35.5. The van der Waals surface area contributed by atoms with Gasteiger partial charge in [-0.1, -0.05) is 41.9 Å². The van der Waals surface area contributed by atoms with Gasteiger partial charge < -0.3 is 9.47 Å². The molecule has 36 heavy (non-hydrogen) atoms. The molecule has 0 N–H and O–H groups in total. The van der Waals surface area contributed by atoms with Gasteiger partial charge in [-0.15, -0.1) is 0 Å². The summed E-state index contributed by atoms with van der Waals surface area (Å²) in [5.41, 5.74) is -1.19. The van der Waals surface area contributed by atoms with Crippen LogP contribution < -0.4 is 5.01 Å². The van der Waals surface area contributed by atoms with Crippen LogP contribution in [0.15, 0.2) is 59.7 Å². The largest absolute Gasteiger partial charge is 0.467 e. The first-order valence-corrected chi connectivity index (χ1v) is 11.6. The molecule has 2 aromatic rings. The Hall–Kier alpha value is -3.90. The fourth-order valence-corrected chi connectivity index (χ4v) is 4.83. The van der Waals surface area contributed by atoms with Crippen LogP contribution in [0.5, 0.6) is 0 Å². The molecular weight excluding hydrogens is 484 g/mol. The number of hydrazone groups is 1. The van der Waals surface area contributed by atoms with Gasteiger partial charge in [-0.05, 0) is 50.6 Å². The first-order valence-electron chi connectivity index (χ1n) is 11.3. The van der Waals surface area contributed by atoms with Gasteiger partial charge in [-0.2, -0.15) is 10.4 Å². The van der Waals surface area contributed by atoms with Crippen LogP contribution >= 0.6 is 11.6 Å². The van der Waals surface area contributed by atoms with Crippen molar-refractivity contribution < 1.29 is 23.9 Å². The SMILES string of the molecule is COC(=O)[C@@H]1C2C(c3ccc(Cl)cc3)=NN(c3ccccc3)[C@@]2(CC#N)C(=O)N1C(=O)OC(C)(C)C. The molecule has 186 valence electrons. The van der Waals surface area contributed by atoms with E-state index in [2.05, 4.69) is 6.07 Å². The van der Waals surface area contributed by atoms with Gasteiger partial charge in [0.2, 0.25) is 0 Å². The number of amides is 2. The lowest BCUT2D eigenvalue weighted by molar-refractivity contribution is -0.149. The fraction of sp³-hybridized carbons (Fsp3) is 0.346. The van der Waals surface area contributed by atoms with Crippen molar-refractivity contribution in [2.75, 3.05) is 12.1 Å². The number of ether oxygens (including phenoxy) is 2. The van der Waals surface area contributed by atoms with Crippen molar-refractivity contribution in [3.63, 3.8) is 0 Å². The third-order valence-electron chi connectivity index (χ3n) is 6.10. The average Bonchev–Trinajstić information content (AvgIpc) is 3.29. The summed E-state index contributed by atoms with van der Waals surface area (Å²) >= 11 is 6.09. The molecule has 2 aromatic carbocycles. The van der Waals surface area contributed by atoms with Gasteiger partial charge in [0.25, 0.3) is 5.91 Å². The molecule has 3 atom stereocenters. The van der Waals surface area contributed by atoms with E-state index in [-0.39, 0.29) is 6.42 Å². The number of likely N-dealkylation sites (tertiary alicyclic amines) is 1. The highest BCUT2D eigenvalue weighted by Crippen LogP contribution is 2.50. The summed E-state index contributed by atoms with van der Waals surface area (Å²) < 4.78 is 10.6. The first kappa shape index (κ1) is 25.2. The predicted molar refractivity (Wildman–Crippen MR) is 132 cm³/mol. The lowest BCUT2D eigenvalue weighted by Crippen LogP contribution is -2.54. The lowest BCUT2D eigenvalue weighted by atomic mass is 9.76. The number of para-hydroxylation sites is 1. The van der Waals surface area contributed by atoms with Gasteiger partial charge in [0.15, 0.2) is 11.6 Å². The van der Waals surface area contributed by atoms with E-state index >= 15 is 0 Å². The molecule has 0 radical (unpaired) electrons. The molecule has 0 spiro atoms. The highest BCUT2D eigenvalue weighted by molar-refractivity contribution is 6.30. The number of rotatable bonds is 4. The summed E-state index contributed by atoms with van der Waals surface area (Å²) in [6.07, 6.45) is -1.35. The topological polar surface area (TPSA) is 112 Å². The van der Waals surface area contributed by atoms with Crippen LogP contribution in [-0.2, 0) is 19.1 Å². The number of methoxy groups -OCH3 is 1. The third-order valence-corrected chi connectivity index (χ3v) is 6.35. The summed E-state index contributed by atoms with van der Waals surface area (Å²) in [5.74, 6) is -2.61. The number of hydrogen-bond donors (Lipinski definition) is 0. The van der Waals surface area contributed by atoms with E-state index in [1.165, 1.54) is 12.1 Å². The Labute approximate surface area is 213 Å². The molecule has 0 aliphatic carbocycles. The Kier molecular flexibility index (Phi) is 6.50. The molecule has 9 nitrogen and oxygen atoms in total. The maximum Gasteiger partial charge on any atom is 0.417 e. The lowest BCUT2D eigenvalue weighted by Gasteiger charge is -2.34. The molecule has 4 rings (SSSR count). The van der Waals surface area contributed by atoms with Crippen molar-refractivity contribution in [2.45, 2.75) is 44.4 Å². The number of esters is 1. The second-order valence-corrected chi connectivity index (χ2v) is 9.94. The first-order chi connectivity index (χ1) is 17.0. The Morgan fingerprint density at radius 3 is 2.33 bits per heavy atom. The number of anilines is 1. The second-order valence-electron chi connectivity index (χ2n) is 9.50. The molecule has 2 amide bonds. The second kappa shape index (κ2) is 9.28. The molecule has 2 heterocycles. The summed E-state index contributed by atoms with van der Waals surface area (Å²) in [4.78, 5) is 41.5. The summed E-state index contributed by atoms with van der Waals surface area (Å²) in [6, 6.07) is 16.2. The molecule has 1 unspecified atom stereocenters. The number of nitrogens with zero attached hydrogens (tertiary/aromatic N) is 4. The van der Waals surface area contributed by atoms with E-state index in [1.54, 1.807) is 75.4 Å². The highest BCUT2D eigenvalue weighted by Gasteiger charge is 2.71. The van der Waals surface area contributed by atoms with Gasteiger partial charge >= 0.3 is 12.1 Å². The average molecular weight is 509 g/mol. The molecular formula is C26H25ClN4O5. The molecule has 1 fully saturated rings. The maximum absolute atomic E-state index is 14.2. The maximum atomic E-state index is 14.2. The minimum absolute atomic E-state index is 0.348. The van der Waals surface area contributed by atoms with Crippen LogP contribution in [0.25, 0.3) is 0 Å². The van der Waals surface area contributed by atoms with Crippen molar-refractivity contribution >= 4 is 41.0 Å². The van der Waals surface area contributed by atoms with Gasteiger partial charge in [-0.3, -0.25) is 4.79 Å². The Morgan fingerprint density at radius 1 is 1.14 bits per heavy atom. The number of carbonyl (C=O) groups excluding carboxylic acids is 3. The normalized spacial score (nSPS) is 23.1. The van der Waals surface area contributed by atoms with Crippen LogP contribution in [-0.4, -0.2) is 52.9 Å². The zero-order valence-electron chi connectivity index (χ0n) is 20.3. The van der Waals surface area contributed by atoms with E-state index in [9.17, 15) is 19.6 Å². The van der Waals surface area contributed by atoms with Crippen LogP contribution in [0.4, 0.5) is 10.5 Å². The van der Waals surface area contributed by atoms with Crippen molar-refractivity contribution in [1.82, 2.24) is 4.90 Å². The summed E-state index contributed by atoms with van der Waals surface area (Å²) in [7, 11) is 1.17. The van der Waals surface area contributed by atoms with Gasteiger partial charge in [-0.25, -0.2) is 19.5 Å². The zero-order valence-corrected chi connectivity index (χ0v) is 21.0. The number of nitriles is 1. The van der Waals surface area contributed by atoms with Crippen LogP contribution in [0, 0.1) is 17.2 Å². The summed E-state index contributed by atoms with van der Waals surface area (Å²) in [5, 5.41) is 16.6. The van der Waals surface area contributed by atoms with Crippen molar-refractivity contribution in [3.05, 3.63) is 65.2 Å². The van der Waals surface area contributed by atoms with E-state index in [4.69, 9.17) is 26.2 Å². The molecule has 2 aliphatic heterocycles. The third kappa shape index (κ3) is 4.07. The predicted octanol–water partition coefficient (Wildman–Crippen LogP) is 4.15. The van der Waals surface area contributed by atoms with E-state index in [1.807, 2.05) is 0 Å². The molecule has 10 heteroatoms. The van der Waals surface area contributed by atoms with Crippen molar-refractivity contribution in [3.8, 4) is 6.07 Å². The molecule has 1 saturated heterocycles. The van der Waals surface area contributed by atoms with Crippen LogP contribution in [0.1, 0.15) is 32.8 Å². The summed E-state index contributed by atoms with van der Waals surface area (Å²) in [6.45, 7) is 4.96. The Balaban J connectivity index is 1.99. The quantitative estimate of drug-likeness (QED) is 0.570. The monoisotopic (exact) mass is 508 g/mol. The van der Waals surface area contributed by atoms with Crippen molar-refractivity contribution in [2.24, 2.45) is 11.0 Å². The number of fused-ring (bicyclic) bond motifs is 1. The number of carbonyl (C=O) groups is 3. The number of benzene rings is 2. The van der Waals surface area contributed by atoms with Crippen LogP contribution in [0.3, 0.4) is 0 Å². The minimum Gasteiger partial charge on any atom is -0.467 e. The number of hydrogen-bond acceptors (Lipinski definition) is 8. The Bertz CT molecular complexity index is 1270. The molecule has 2 aliphatic rings. The Morgan fingerprint density at radius 2 is 1.78 bits per heavy atom. The number of halogens is 1. The molecule has 0 bridgehead atoms. The van der Waals surface area contributed by atoms with E-state index < -0.39 is 41.1 Å². The smallest absolute Gasteiger partial charge is 0.417 e. The van der Waals surface area contributed by atoms with E-state index in [0.29, 0.717) is 22.0 Å². The molecule has 0 saturated carbocycles. The zero-order chi connectivity index (χ0) is 26.3. The van der Waals surface area contributed by atoms with Gasteiger partial charge in [0, 0.05) is 5.02 Å². The fourth-order valence-electron chi connectivity index (χ4n) is 4.70.